The Labute approximate surface area is 93.3 Å². The van der Waals surface area contributed by atoms with Gasteiger partial charge in [-0.3, -0.25) is 4.79 Å². The lowest BCUT2D eigenvalue weighted by Gasteiger charge is -2.27. The normalized spacial score (nSPS) is 15.3. The average Bonchev–Trinajstić information content (AvgIpc) is 2.15. The largest absolute Gasteiger partial charge is 0.480 e. The molecular weight excluding hydrogens is 190 g/mol. The molecule has 2 N–H and O–H groups in total. The standard InChI is InChI=1S/C12H25NO2/c1-5-6-9-13-12(4,11(14)15)8-7-10(2)3/h10,13H,5-9H2,1-4H3,(H,14,15). The highest BCUT2D eigenvalue weighted by Crippen LogP contribution is 2.17. The van der Waals surface area contributed by atoms with Crippen LogP contribution < -0.4 is 5.32 Å². The zero-order chi connectivity index (χ0) is 11.9. The van der Waals surface area contributed by atoms with Gasteiger partial charge in [-0.2, -0.15) is 0 Å². The van der Waals surface area contributed by atoms with E-state index in [4.69, 9.17) is 0 Å². The molecule has 15 heavy (non-hydrogen) atoms. The molecule has 0 bridgehead atoms. The number of aliphatic carboxylic acids is 1. The van der Waals surface area contributed by atoms with Gasteiger partial charge < -0.3 is 10.4 Å². The smallest absolute Gasteiger partial charge is 0.323 e. The number of hydrogen-bond donors (Lipinski definition) is 2. The molecule has 0 spiro atoms. The lowest BCUT2D eigenvalue weighted by atomic mass is 9.92. The Kier molecular flexibility index (Phi) is 6.57. The van der Waals surface area contributed by atoms with Crippen LogP contribution in [0.15, 0.2) is 0 Å². The van der Waals surface area contributed by atoms with Gasteiger partial charge in [-0.15, -0.1) is 0 Å². The summed E-state index contributed by atoms with van der Waals surface area (Å²) in [5.41, 5.74) is -0.751. The monoisotopic (exact) mass is 215 g/mol. The molecule has 0 saturated carbocycles. The SMILES string of the molecule is CCCCNC(C)(CCC(C)C)C(=O)O. The molecule has 1 atom stereocenters. The lowest BCUT2D eigenvalue weighted by Crippen LogP contribution is -2.50. The minimum Gasteiger partial charge on any atom is -0.480 e. The summed E-state index contributed by atoms with van der Waals surface area (Å²) in [5, 5.41) is 12.3. The van der Waals surface area contributed by atoms with E-state index in [1.165, 1.54) is 0 Å². The van der Waals surface area contributed by atoms with Crippen LogP contribution in [0.5, 0.6) is 0 Å². The van der Waals surface area contributed by atoms with Crippen LogP contribution in [0.1, 0.15) is 53.4 Å². The molecule has 0 amide bonds. The summed E-state index contributed by atoms with van der Waals surface area (Å²) < 4.78 is 0. The van der Waals surface area contributed by atoms with Crippen molar-refractivity contribution in [2.45, 2.75) is 58.9 Å². The first-order valence-electron chi connectivity index (χ1n) is 5.90. The van der Waals surface area contributed by atoms with Gasteiger partial charge in [0.1, 0.15) is 5.54 Å². The van der Waals surface area contributed by atoms with Crippen molar-refractivity contribution < 1.29 is 9.90 Å². The minimum absolute atomic E-state index is 0.552. The van der Waals surface area contributed by atoms with Crippen LogP contribution in [0.25, 0.3) is 0 Å². The molecule has 0 aromatic rings. The van der Waals surface area contributed by atoms with Crippen LogP contribution in [-0.4, -0.2) is 23.2 Å². The number of carboxylic acid groups (broad SMARTS) is 1. The highest BCUT2D eigenvalue weighted by Gasteiger charge is 2.31. The Hall–Kier alpha value is -0.570. The molecule has 1 unspecified atom stereocenters. The fourth-order valence-electron chi connectivity index (χ4n) is 1.39. The van der Waals surface area contributed by atoms with E-state index >= 15 is 0 Å². The van der Waals surface area contributed by atoms with Gasteiger partial charge in [-0.1, -0.05) is 27.2 Å². The third kappa shape index (κ3) is 5.78. The van der Waals surface area contributed by atoms with Crippen molar-refractivity contribution in [3.05, 3.63) is 0 Å². The van der Waals surface area contributed by atoms with Gasteiger partial charge in [-0.25, -0.2) is 0 Å². The number of nitrogens with one attached hydrogen (secondary N) is 1. The molecule has 0 aliphatic heterocycles. The first-order chi connectivity index (χ1) is 6.92. The molecule has 0 aliphatic carbocycles. The molecule has 0 fully saturated rings. The Balaban J connectivity index is 4.13. The zero-order valence-corrected chi connectivity index (χ0v) is 10.5. The van der Waals surface area contributed by atoms with Gasteiger partial charge >= 0.3 is 5.97 Å². The summed E-state index contributed by atoms with van der Waals surface area (Å²) in [6, 6.07) is 0. The molecule has 3 nitrogen and oxygen atoms in total. The molecule has 0 heterocycles. The van der Waals surface area contributed by atoms with Crippen molar-refractivity contribution in [2.75, 3.05) is 6.54 Å². The van der Waals surface area contributed by atoms with Gasteiger partial charge in [-0.05, 0) is 38.6 Å². The Morgan fingerprint density at radius 1 is 1.47 bits per heavy atom. The summed E-state index contributed by atoms with van der Waals surface area (Å²) in [4.78, 5) is 11.2. The predicted molar refractivity (Wildman–Crippen MR) is 63.0 cm³/mol. The van der Waals surface area contributed by atoms with Crippen molar-refractivity contribution in [3.8, 4) is 0 Å². The second-order valence-electron chi connectivity index (χ2n) is 4.85. The average molecular weight is 215 g/mol. The van der Waals surface area contributed by atoms with Crippen molar-refractivity contribution in [3.63, 3.8) is 0 Å². The highest BCUT2D eigenvalue weighted by molar-refractivity contribution is 5.78. The first-order valence-corrected chi connectivity index (χ1v) is 5.90. The third-order valence-corrected chi connectivity index (χ3v) is 2.74. The minimum atomic E-state index is -0.751. The first kappa shape index (κ1) is 14.4. The summed E-state index contributed by atoms with van der Waals surface area (Å²) in [6.45, 7) is 8.92. The van der Waals surface area contributed by atoms with Gasteiger partial charge in [0, 0.05) is 0 Å². The van der Waals surface area contributed by atoms with Gasteiger partial charge in [0.05, 0.1) is 0 Å². The van der Waals surface area contributed by atoms with E-state index in [1.807, 2.05) is 0 Å². The van der Waals surface area contributed by atoms with Gasteiger partial charge in [0.25, 0.3) is 0 Å². The van der Waals surface area contributed by atoms with E-state index in [0.29, 0.717) is 12.3 Å². The number of hydrogen-bond acceptors (Lipinski definition) is 2. The lowest BCUT2D eigenvalue weighted by molar-refractivity contribution is -0.144. The predicted octanol–water partition coefficient (Wildman–Crippen LogP) is 2.66. The molecule has 0 saturated heterocycles. The summed E-state index contributed by atoms with van der Waals surface area (Å²) >= 11 is 0. The molecule has 0 aromatic heterocycles. The summed E-state index contributed by atoms with van der Waals surface area (Å²) in [6.07, 6.45) is 3.77. The third-order valence-electron chi connectivity index (χ3n) is 2.74. The highest BCUT2D eigenvalue weighted by atomic mass is 16.4. The zero-order valence-electron chi connectivity index (χ0n) is 10.5. The fourth-order valence-corrected chi connectivity index (χ4v) is 1.39. The Bertz CT molecular complexity index is 192. The second kappa shape index (κ2) is 6.83. The van der Waals surface area contributed by atoms with Crippen LogP contribution in [0.3, 0.4) is 0 Å². The van der Waals surface area contributed by atoms with Crippen molar-refractivity contribution >= 4 is 5.97 Å². The van der Waals surface area contributed by atoms with Crippen molar-refractivity contribution in [2.24, 2.45) is 5.92 Å². The number of rotatable bonds is 8. The molecule has 0 radical (unpaired) electrons. The summed E-state index contributed by atoms with van der Waals surface area (Å²) in [7, 11) is 0. The van der Waals surface area contributed by atoms with Gasteiger partial charge in [0.15, 0.2) is 0 Å². The molecule has 0 aliphatic rings. The van der Waals surface area contributed by atoms with Crippen LogP contribution in [0.2, 0.25) is 0 Å². The molecular formula is C12H25NO2. The van der Waals surface area contributed by atoms with E-state index in [-0.39, 0.29) is 0 Å². The van der Waals surface area contributed by atoms with Crippen LogP contribution in [-0.2, 0) is 4.79 Å². The molecule has 90 valence electrons. The van der Waals surface area contributed by atoms with Gasteiger partial charge in [0.2, 0.25) is 0 Å². The van der Waals surface area contributed by atoms with Crippen LogP contribution >= 0.6 is 0 Å². The molecule has 0 rings (SSSR count). The summed E-state index contributed by atoms with van der Waals surface area (Å²) in [5.74, 6) is -0.184. The van der Waals surface area contributed by atoms with Crippen molar-refractivity contribution in [1.82, 2.24) is 5.32 Å². The Morgan fingerprint density at radius 3 is 2.47 bits per heavy atom. The fraction of sp³-hybridized carbons (Fsp3) is 0.917. The van der Waals surface area contributed by atoms with E-state index < -0.39 is 11.5 Å². The van der Waals surface area contributed by atoms with Crippen molar-refractivity contribution in [1.29, 1.82) is 0 Å². The quantitative estimate of drug-likeness (QED) is 0.612. The number of unbranched alkanes of at least 4 members (excludes halogenated alkanes) is 1. The van der Waals surface area contributed by atoms with Crippen LogP contribution in [0.4, 0.5) is 0 Å². The maximum Gasteiger partial charge on any atom is 0.323 e. The van der Waals surface area contributed by atoms with E-state index in [2.05, 4.69) is 26.1 Å². The maximum absolute atomic E-state index is 11.2. The van der Waals surface area contributed by atoms with E-state index in [0.717, 1.165) is 25.8 Å². The molecule has 3 heteroatoms. The second-order valence-corrected chi connectivity index (χ2v) is 4.85. The number of carbonyl (C=O) groups is 1. The maximum atomic E-state index is 11.2. The topological polar surface area (TPSA) is 49.3 Å². The molecule has 0 aromatic carbocycles. The Morgan fingerprint density at radius 2 is 2.07 bits per heavy atom. The number of carboxylic acids is 1. The van der Waals surface area contributed by atoms with E-state index in [9.17, 15) is 9.90 Å². The van der Waals surface area contributed by atoms with E-state index in [1.54, 1.807) is 6.92 Å². The van der Waals surface area contributed by atoms with Crippen LogP contribution in [0, 0.1) is 5.92 Å².